The fraction of sp³-hybridized carbons (Fsp3) is 0.417. The molecular formula is C12H14FNO3. The highest BCUT2D eigenvalue weighted by molar-refractivity contribution is 5.89. The van der Waals surface area contributed by atoms with Crippen molar-refractivity contribution in [1.29, 1.82) is 0 Å². The Balaban J connectivity index is 2.00. The molecular weight excluding hydrogens is 225 g/mol. The van der Waals surface area contributed by atoms with Gasteiger partial charge in [0, 0.05) is 24.8 Å². The topological polar surface area (TPSA) is 58.6 Å². The van der Waals surface area contributed by atoms with Crippen molar-refractivity contribution in [1.82, 2.24) is 0 Å². The van der Waals surface area contributed by atoms with Crippen LogP contribution in [0, 0.1) is 11.7 Å². The van der Waals surface area contributed by atoms with Gasteiger partial charge >= 0.3 is 5.97 Å². The first-order chi connectivity index (χ1) is 8.16. The minimum atomic E-state index is -1.25. The van der Waals surface area contributed by atoms with E-state index in [1.165, 1.54) is 12.1 Å². The second kappa shape index (κ2) is 5.14. The summed E-state index contributed by atoms with van der Waals surface area (Å²) in [6.45, 7) is 2.21. The van der Waals surface area contributed by atoms with Gasteiger partial charge < -0.3 is 15.2 Å². The van der Waals surface area contributed by atoms with Crippen LogP contribution in [0.2, 0.25) is 0 Å². The van der Waals surface area contributed by atoms with E-state index >= 15 is 0 Å². The van der Waals surface area contributed by atoms with E-state index < -0.39 is 11.8 Å². The maximum absolute atomic E-state index is 13.1. The van der Waals surface area contributed by atoms with Gasteiger partial charge in [0.1, 0.15) is 5.82 Å². The van der Waals surface area contributed by atoms with E-state index in [1.54, 1.807) is 0 Å². The average Bonchev–Trinajstić information content (AvgIpc) is 2.80. The van der Waals surface area contributed by atoms with Crippen LogP contribution in [0.3, 0.4) is 0 Å². The number of carbonyl (C=O) groups is 1. The largest absolute Gasteiger partial charge is 0.478 e. The van der Waals surface area contributed by atoms with E-state index in [2.05, 4.69) is 5.32 Å². The molecule has 0 radical (unpaired) electrons. The highest BCUT2D eigenvalue weighted by Crippen LogP contribution is 2.17. The summed E-state index contributed by atoms with van der Waals surface area (Å²) in [7, 11) is 0. The molecule has 1 saturated heterocycles. The molecule has 0 saturated carbocycles. The number of rotatable bonds is 4. The lowest BCUT2D eigenvalue weighted by Crippen LogP contribution is -2.14. The van der Waals surface area contributed by atoms with Gasteiger partial charge in [0.2, 0.25) is 0 Å². The van der Waals surface area contributed by atoms with Gasteiger partial charge in [-0.05, 0) is 24.6 Å². The van der Waals surface area contributed by atoms with Gasteiger partial charge in [0.05, 0.1) is 12.2 Å². The fourth-order valence-electron chi connectivity index (χ4n) is 1.81. The third-order valence-corrected chi connectivity index (χ3v) is 2.82. The van der Waals surface area contributed by atoms with E-state index in [4.69, 9.17) is 9.84 Å². The summed E-state index contributed by atoms with van der Waals surface area (Å²) in [6.07, 6.45) is 1.000. The Morgan fingerprint density at radius 1 is 1.59 bits per heavy atom. The van der Waals surface area contributed by atoms with Crippen LogP contribution in [0.15, 0.2) is 18.2 Å². The minimum absolute atomic E-state index is 0.308. The van der Waals surface area contributed by atoms with Crippen LogP contribution in [0.4, 0.5) is 10.1 Å². The zero-order valence-electron chi connectivity index (χ0n) is 9.28. The fourth-order valence-corrected chi connectivity index (χ4v) is 1.81. The normalized spacial score (nSPS) is 19.2. The first-order valence-corrected chi connectivity index (χ1v) is 5.51. The number of hydrogen-bond donors (Lipinski definition) is 2. The summed E-state index contributed by atoms with van der Waals surface area (Å²) in [4.78, 5) is 10.7. The maximum atomic E-state index is 13.1. The first-order valence-electron chi connectivity index (χ1n) is 5.51. The summed E-state index contributed by atoms with van der Waals surface area (Å²) in [5, 5.41) is 11.9. The van der Waals surface area contributed by atoms with Crippen molar-refractivity contribution in [2.45, 2.75) is 6.42 Å². The average molecular weight is 239 g/mol. The summed E-state index contributed by atoms with van der Waals surface area (Å²) in [6, 6.07) is 4.02. The van der Waals surface area contributed by atoms with Crippen LogP contribution in [-0.4, -0.2) is 30.8 Å². The van der Waals surface area contributed by atoms with Crippen molar-refractivity contribution in [2.75, 3.05) is 25.1 Å². The molecule has 0 spiro atoms. The molecule has 0 aliphatic carbocycles. The molecule has 17 heavy (non-hydrogen) atoms. The molecule has 1 heterocycles. The van der Waals surface area contributed by atoms with E-state index in [0.29, 0.717) is 18.2 Å². The Hall–Kier alpha value is -1.62. The molecule has 92 valence electrons. The molecule has 1 aromatic carbocycles. The lowest BCUT2D eigenvalue weighted by Gasteiger charge is -2.11. The van der Waals surface area contributed by atoms with Crippen molar-refractivity contribution >= 4 is 11.7 Å². The molecule has 4 nitrogen and oxygen atoms in total. The number of nitrogens with one attached hydrogen (secondary N) is 1. The van der Waals surface area contributed by atoms with Crippen molar-refractivity contribution in [3.05, 3.63) is 29.6 Å². The Kier molecular flexibility index (Phi) is 3.58. The van der Waals surface area contributed by atoms with Gasteiger partial charge in [-0.2, -0.15) is 0 Å². The maximum Gasteiger partial charge on any atom is 0.338 e. The lowest BCUT2D eigenvalue weighted by atomic mass is 10.1. The van der Waals surface area contributed by atoms with Crippen molar-refractivity contribution in [3.63, 3.8) is 0 Å². The van der Waals surface area contributed by atoms with Crippen LogP contribution in [0.1, 0.15) is 16.8 Å². The van der Waals surface area contributed by atoms with Crippen LogP contribution in [0.25, 0.3) is 0 Å². The number of anilines is 1. The zero-order chi connectivity index (χ0) is 12.3. The third-order valence-electron chi connectivity index (χ3n) is 2.82. The van der Waals surface area contributed by atoms with Gasteiger partial charge in [0.15, 0.2) is 0 Å². The molecule has 2 rings (SSSR count). The third kappa shape index (κ3) is 2.94. The van der Waals surface area contributed by atoms with Crippen molar-refractivity contribution in [3.8, 4) is 0 Å². The highest BCUT2D eigenvalue weighted by Gasteiger charge is 2.16. The molecule has 5 heteroatoms. The minimum Gasteiger partial charge on any atom is -0.478 e. The second-order valence-electron chi connectivity index (χ2n) is 4.11. The molecule has 2 N–H and O–H groups in total. The monoisotopic (exact) mass is 239 g/mol. The number of benzene rings is 1. The number of ether oxygens (including phenoxy) is 1. The predicted octanol–water partition coefficient (Wildman–Crippen LogP) is 1.97. The molecule has 1 fully saturated rings. The summed E-state index contributed by atoms with van der Waals surface area (Å²) < 4.78 is 18.4. The van der Waals surface area contributed by atoms with Gasteiger partial charge in [-0.25, -0.2) is 9.18 Å². The van der Waals surface area contributed by atoms with E-state index in [9.17, 15) is 9.18 Å². The number of carboxylic acids is 1. The Morgan fingerprint density at radius 2 is 2.41 bits per heavy atom. The summed E-state index contributed by atoms with van der Waals surface area (Å²) in [5.41, 5.74) is 0.313. The molecule has 0 bridgehead atoms. The van der Waals surface area contributed by atoms with Crippen LogP contribution in [-0.2, 0) is 4.74 Å². The SMILES string of the molecule is O=C(O)c1cc(NCC2CCOC2)ccc1F. The predicted molar refractivity (Wildman–Crippen MR) is 60.8 cm³/mol. The standard InChI is InChI=1S/C12H14FNO3/c13-11-2-1-9(5-10(11)12(15)16)14-6-8-3-4-17-7-8/h1-2,5,8,14H,3-4,6-7H2,(H,15,16). The number of halogens is 1. The van der Waals surface area contributed by atoms with Crippen molar-refractivity contribution < 1.29 is 19.0 Å². The first kappa shape index (κ1) is 11.9. The van der Waals surface area contributed by atoms with Gasteiger partial charge in [-0.15, -0.1) is 0 Å². The zero-order valence-corrected chi connectivity index (χ0v) is 9.28. The van der Waals surface area contributed by atoms with Gasteiger partial charge in [-0.1, -0.05) is 0 Å². The summed E-state index contributed by atoms with van der Waals surface area (Å²) >= 11 is 0. The number of hydrogen-bond acceptors (Lipinski definition) is 3. The number of aromatic carboxylic acids is 1. The van der Waals surface area contributed by atoms with E-state index in [-0.39, 0.29) is 5.56 Å². The number of carboxylic acid groups (broad SMARTS) is 1. The Labute approximate surface area is 98.4 Å². The van der Waals surface area contributed by atoms with E-state index in [1.807, 2.05) is 0 Å². The molecule has 0 aromatic heterocycles. The van der Waals surface area contributed by atoms with Crippen LogP contribution >= 0.6 is 0 Å². The van der Waals surface area contributed by atoms with E-state index in [0.717, 1.165) is 25.7 Å². The van der Waals surface area contributed by atoms with Gasteiger partial charge in [-0.3, -0.25) is 0 Å². The van der Waals surface area contributed by atoms with Gasteiger partial charge in [0.25, 0.3) is 0 Å². The summed E-state index contributed by atoms with van der Waals surface area (Å²) in [5.74, 6) is -1.53. The second-order valence-corrected chi connectivity index (χ2v) is 4.11. The Morgan fingerprint density at radius 3 is 3.06 bits per heavy atom. The molecule has 1 atom stereocenters. The van der Waals surface area contributed by atoms with Crippen LogP contribution < -0.4 is 5.32 Å². The molecule has 1 aliphatic rings. The van der Waals surface area contributed by atoms with Crippen LogP contribution in [0.5, 0.6) is 0 Å². The smallest absolute Gasteiger partial charge is 0.338 e. The van der Waals surface area contributed by atoms with Crippen molar-refractivity contribution in [2.24, 2.45) is 5.92 Å². The highest BCUT2D eigenvalue weighted by atomic mass is 19.1. The quantitative estimate of drug-likeness (QED) is 0.843. The molecule has 1 unspecified atom stereocenters. The molecule has 1 aliphatic heterocycles. The lowest BCUT2D eigenvalue weighted by molar-refractivity contribution is 0.0692. The molecule has 1 aromatic rings. The molecule has 0 amide bonds. The Bertz CT molecular complexity index is 416.